The zero-order valence-corrected chi connectivity index (χ0v) is 16.9. The number of ether oxygens (including phenoxy) is 2. The molecular formula is C22H19F3N2O5. The smallest absolute Gasteiger partial charge is 0.411 e. The summed E-state index contributed by atoms with van der Waals surface area (Å²) in [5.74, 6) is -0.747. The molecule has 0 saturated carbocycles. The van der Waals surface area contributed by atoms with E-state index in [0.29, 0.717) is 16.9 Å². The van der Waals surface area contributed by atoms with Gasteiger partial charge >= 0.3 is 12.1 Å². The number of carbonyl (C=O) groups is 2. The normalized spacial score (nSPS) is 12.2. The predicted octanol–water partition coefficient (Wildman–Crippen LogP) is 4.60. The van der Waals surface area contributed by atoms with Crippen LogP contribution < -0.4 is 5.32 Å². The number of carbonyl (C=O) groups excluding carboxylic acids is 2. The minimum Gasteiger partial charge on any atom is -0.444 e. The number of halogens is 3. The summed E-state index contributed by atoms with van der Waals surface area (Å²) in [7, 11) is 0. The predicted molar refractivity (Wildman–Crippen MR) is 107 cm³/mol. The van der Waals surface area contributed by atoms with Crippen LogP contribution in [0.25, 0.3) is 0 Å². The minimum atomic E-state index is -4.42. The van der Waals surface area contributed by atoms with Gasteiger partial charge in [0.1, 0.15) is 12.4 Å². The summed E-state index contributed by atoms with van der Waals surface area (Å²) in [6, 6.07) is 15.6. The van der Waals surface area contributed by atoms with Crippen molar-refractivity contribution in [1.82, 2.24) is 5.16 Å². The maximum atomic E-state index is 12.8. The molecule has 168 valence electrons. The third-order valence-corrected chi connectivity index (χ3v) is 4.17. The zero-order valence-electron chi connectivity index (χ0n) is 16.9. The monoisotopic (exact) mass is 448 g/mol. The highest BCUT2D eigenvalue weighted by Gasteiger charge is 2.28. The topological polar surface area (TPSA) is 90.7 Å². The van der Waals surface area contributed by atoms with E-state index >= 15 is 0 Å². The zero-order chi connectivity index (χ0) is 23.1. The number of rotatable bonds is 8. The van der Waals surface area contributed by atoms with Crippen LogP contribution in [0.4, 0.5) is 19.0 Å². The van der Waals surface area contributed by atoms with Crippen LogP contribution >= 0.6 is 0 Å². The first-order valence-electron chi connectivity index (χ1n) is 9.45. The summed E-state index contributed by atoms with van der Waals surface area (Å²) < 4.78 is 51.4. The Hall–Kier alpha value is -3.66. The third kappa shape index (κ3) is 6.67. The van der Waals surface area contributed by atoms with E-state index in [2.05, 4.69) is 15.2 Å². The quantitative estimate of drug-likeness (QED) is 0.507. The van der Waals surface area contributed by atoms with Crippen LogP contribution in [0.1, 0.15) is 33.3 Å². The maximum absolute atomic E-state index is 12.8. The minimum absolute atomic E-state index is 0.121. The molecule has 1 unspecified atom stereocenters. The fraction of sp³-hybridized carbons (Fsp3) is 0.227. The lowest BCUT2D eigenvalue weighted by Gasteiger charge is -2.17. The second kappa shape index (κ2) is 10.1. The summed E-state index contributed by atoms with van der Waals surface area (Å²) in [6.45, 7) is 0.0336. The SMILES string of the molecule is Cc1cc(NC(=O)C(OC(=O)c2ccc(COCC(F)(F)F)cc2)c2ccccc2)no1. The Bertz CT molecular complexity index is 1050. The number of hydrogen-bond donors (Lipinski definition) is 1. The molecule has 0 aliphatic carbocycles. The van der Waals surface area contributed by atoms with Crippen LogP contribution in [-0.4, -0.2) is 29.8 Å². The van der Waals surface area contributed by atoms with Crippen LogP contribution in [0.3, 0.4) is 0 Å². The summed E-state index contributed by atoms with van der Waals surface area (Å²) in [5, 5.41) is 6.22. The fourth-order valence-electron chi connectivity index (χ4n) is 2.71. The largest absolute Gasteiger partial charge is 0.444 e. The lowest BCUT2D eigenvalue weighted by Crippen LogP contribution is -2.26. The van der Waals surface area contributed by atoms with Gasteiger partial charge < -0.3 is 19.3 Å². The molecule has 0 fully saturated rings. The van der Waals surface area contributed by atoms with Crippen LogP contribution in [0, 0.1) is 6.92 Å². The highest BCUT2D eigenvalue weighted by molar-refractivity contribution is 5.97. The van der Waals surface area contributed by atoms with Gasteiger partial charge in [0.25, 0.3) is 5.91 Å². The van der Waals surface area contributed by atoms with Crippen molar-refractivity contribution < 1.29 is 36.8 Å². The molecule has 10 heteroatoms. The van der Waals surface area contributed by atoms with Crippen molar-refractivity contribution in [2.75, 3.05) is 11.9 Å². The van der Waals surface area contributed by atoms with Gasteiger partial charge in [0.15, 0.2) is 5.82 Å². The van der Waals surface area contributed by atoms with Crippen LogP contribution in [-0.2, 0) is 20.9 Å². The van der Waals surface area contributed by atoms with E-state index in [9.17, 15) is 22.8 Å². The second-order valence-corrected chi connectivity index (χ2v) is 6.81. The van der Waals surface area contributed by atoms with E-state index in [1.165, 1.54) is 30.3 Å². The summed E-state index contributed by atoms with van der Waals surface area (Å²) in [4.78, 5) is 25.4. The first-order chi connectivity index (χ1) is 15.2. The van der Waals surface area contributed by atoms with E-state index in [-0.39, 0.29) is 18.0 Å². The van der Waals surface area contributed by atoms with E-state index in [0.717, 1.165) is 0 Å². The first-order valence-corrected chi connectivity index (χ1v) is 9.45. The molecule has 1 atom stereocenters. The van der Waals surface area contributed by atoms with E-state index in [1.807, 2.05) is 0 Å². The van der Waals surface area contributed by atoms with Crippen molar-refractivity contribution in [3.63, 3.8) is 0 Å². The molecule has 1 amide bonds. The molecule has 1 aromatic heterocycles. The van der Waals surface area contributed by atoms with E-state index in [1.54, 1.807) is 37.3 Å². The molecular weight excluding hydrogens is 429 g/mol. The van der Waals surface area contributed by atoms with Crippen molar-refractivity contribution in [2.45, 2.75) is 25.8 Å². The Morgan fingerprint density at radius 2 is 1.78 bits per heavy atom. The van der Waals surface area contributed by atoms with Crippen molar-refractivity contribution in [3.8, 4) is 0 Å². The number of aryl methyl sites for hydroxylation is 1. The lowest BCUT2D eigenvalue weighted by atomic mass is 10.1. The van der Waals surface area contributed by atoms with Crippen molar-refractivity contribution in [3.05, 3.63) is 83.1 Å². The van der Waals surface area contributed by atoms with Gasteiger partial charge in [-0.1, -0.05) is 47.6 Å². The number of benzene rings is 2. The molecule has 0 radical (unpaired) electrons. The molecule has 32 heavy (non-hydrogen) atoms. The molecule has 1 N–H and O–H groups in total. The standard InChI is InChI=1S/C22H19F3N2O5/c1-14-11-18(27-32-14)26-20(28)19(16-5-3-2-4-6-16)31-21(29)17-9-7-15(8-10-17)12-30-13-22(23,24)25/h2-11,19H,12-13H2,1H3,(H,26,27,28). The van der Waals surface area contributed by atoms with Gasteiger partial charge in [0.2, 0.25) is 6.10 Å². The van der Waals surface area contributed by atoms with Crippen molar-refractivity contribution >= 4 is 17.7 Å². The van der Waals surface area contributed by atoms with Crippen LogP contribution in [0.2, 0.25) is 0 Å². The van der Waals surface area contributed by atoms with Gasteiger partial charge in [-0.2, -0.15) is 13.2 Å². The molecule has 2 aromatic carbocycles. The molecule has 1 heterocycles. The fourth-order valence-corrected chi connectivity index (χ4v) is 2.71. The maximum Gasteiger partial charge on any atom is 0.411 e. The van der Waals surface area contributed by atoms with E-state index in [4.69, 9.17) is 9.26 Å². The number of hydrogen-bond acceptors (Lipinski definition) is 6. The summed E-state index contributed by atoms with van der Waals surface area (Å²) in [5.41, 5.74) is 1.01. The lowest BCUT2D eigenvalue weighted by molar-refractivity contribution is -0.176. The van der Waals surface area contributed by atoms with Crippen LogP contribution in [0.5, 0.6) is 0 Å². The van der Waals surface area contributed by atoms with Gasteiger partial charge in [-0.15, -0.1) is 0 Å². The average Bonchev–Trinajstić information content (AvgIpc) is 3.16. The Labute approximate surface area is 181 Å². The molecule has 0 spiro atoms. The Morgan fingerprint density at radius 1 is 1.09 bits per heavy atom. The number of nitrogens with one attached hydrogen (secondary N) is 1. The molecule has 0 bridgehead atoms. The Kier molecular flexibility index (Phi) is 7.26. The third-order valence-electron chi connectivity index (χ3n) is 4.17. The number of anilines is 1. The van der Waals surface area contributed by atoms with Crippen molar-refractivity contribution in [2.24, 2.45) is 0 Å². The number of aromatic nitrogens is 1. The number of nitrogens with zero attached hydrogens (tertiary/aromatic N) is 1. The molecule has 0 saturated heterocycles. The van der Waals surface area contributed by atoms with Gasteiger partial charge in [-0.25, -0.2) is 4.79 Å². The van der Waals surface area contributed by atoms with Gasteiger partial charge in [0, 0.05) is 11.6 Å². The Morgan fingerprint density at radius 3 is 2.38 bits per heavy atom. The first kappa shape index (κ1) is 23.0. The highest BCUT2D eigenvalue weighted by atomic mass is 19.4. The van der Waals surface area contributed by atoms with Gasteiger partial charge in [-0.05, 0) is 24.6 Å². The highest BCUT2D eigenvalue weighted by Crippen LogP contribution is 2.22. The molecule has 3 rings (SSSR count). The molecule has 7 nitrogen and oxygen atoms in total. The number of esters is 1. The van der Waals surface area contributed by atoms with Crippen LogP contribution in [0.15, 0.2) is 65.2 Å². The summed E-state index contributed by atoms with van der Waals surface area (Å²) in [6.07, 6.45) is -5.68. The summed E-state index contributed by atoms with van der Waals surface area (Å²) >= 11 is 0. The number of alkyl halides is 3. The Balaban J connectivity index is 1.68. The van der Waals surface area contributed by atoms with Crippen molar-refractivity contribution in [1.29, 1.82) is 0 Å². The number of amides is 1. The average molecular weight is 448 g/mol. The van der Waals surface area contributed by atoms with Gasteiger partial charge in [0.05, 0.1) is 12.2 Å². The van der Waals surface area contributed by atoms with Gasteiger partial charge in [-0.3, -0.25) is 4.79 Å². The molecule has 0 aliphatic heterocycles. The molecule has 3 aromatic rings. The van der Waals surface area contributed by atoms with E-state index < -0.39 is 30.8 Å². The second-order valence-electron chi connectivity index (χ2n) is 6.81. The molecule has 0 aliphatic rings.